The number of nitrogens with one attached hydrogen (secondary N) is 1. The summed E-state index contributed by atoms with van der Waals surface area (Å²) in [5.41, 5.74) is 0.808. The molecule has 0 saturated heterocycles. The van der Waals surface area contributed by atoms with Crippen molar-refractivity contribution in [3.63, 3.8) is 0 Å². The van der Waals surface area contributed by atoms with Gasteiger partial charge in [0.1, 0.15) is 5.69 Å². The van der Waals surface area contributed by atoms with Gasteiger partial charge >= 0.3 is 0 Å². The van der Waals surface area contributed by atoms with Crippen LogP contribution in [0, 0.1) is 10.1 Å². The van der Waals surface area contributed by atoms with E-state index in [1.54, 1.807) is 30.3 Å². The molecule has 0 fully saturated rings. The lowest BCUT2D eigenvalue weighted by Crippen LogP contribution is -1.97. The second-order valence-electron chi connectivity index (χ2n) is 3.67. The molecule has 0 aliphatic carbocycles. The normalized spacial score (nSPS) is 10.3. The highest BCUT2D eigenvalue weighted by atomic mass is 79.9. The molecule has 0 aliphatic rings. The lowest BCUT2D eigenvalue weighted by molar-refractivity contribution is -0.384. The molecule has 19 heavy (non-hydrogen) atoms. The number of nitro groups is 1. The van der Waals surface area contributed by atoms with E-state index in [0.29, 0.717) is 25.9 Å². The zero-order valence-electron chi connectivity index (χ0n) is 9.36. The van der Waals surface area contributed by atoms with Crippen LogP contribution in [-0.4, -0.2) is 4.92 Å². The quantitative estimate of drug-likeness (QED) is 0.587. The number of hydrogen-bond donors (Lipinski definition) is 1. The van der Waals surface area contributed by atoms with Crippen molar-refractivity contribution < 1.29 is 4.92 Å². The number of nitrogens with zero attached hydrogens (tertiary/aromatic N) is 1. The summed E-state index contributed by atoms with van der Waals surface area (Å²) in [5, 5.41) is 14.8. The van der Waals surface area contributed by atoms with Gasteiger partial charge in [-0.05, 0) is 30.3 Å². The summed E-state index contributed by atoms with van der Waals surface area (Å²) < 4.78 is 0.627. The number of rotatable bonds is 3. The first kappa shape index (κ1) is 14.1. The Kier molecular flexibility index (Phi) is 4.29. The molecule has 4 nitrogen and oxygen atoms in total. The van der Waals surface area contributed by atoms with E-state index in [0.717, 1.165) is 0 Å². The summed E-state index contributed by atoms with van der Waals surface area (Å²) in [6.07, 6.45) is 0. The van der Waals surface area contributed by atoms with Gasteiger partial charge in [0.2, 0.25) is 0 Å². The smallest absolute Gasteiger partial charge is 0.293 e. The second-order valence-corrected chi connectivity index (χ2v) is 5.43. The maximum absolute atomic E-state index is 11.0. The highest BCUT2D eigenvalue weighted by Gasteiger charge is 2.15. The average Bonchev–Trinajstić information content (AvgIpc) is 2.35. The molecule has 0 spiro atoms. The molecule has 7 heteroatoms. The minimum Gasteiger partial charge on any atom is -0.349 e. The van der Waals surface area contributed by atoms with Crippen LogP contribution in [0.4, 0.5) is 17.1 Å². The molecule has 0 saturated carbocycles. The fourth-order valence-corrected chi connectivity index (χ4v) is 2.19. The van der Waals surface area contributed by atoms with Crippen LogP contribution < -0.4 is 5.32 Å². The van der Waals surface area contributed by atoms with Crippen LogP contribution >= 0.6 is 39.1 Å². The van der Waals surface area contributed by atoms with E-state index in [1.807, 2.05) is 0 Å². The van der Waals surface area contributed by atoms with E-state index in [9.17, 15) is 10.1 Å². The predicted octanol–water partition coefficient (Wildman–Crippen LogP) is 5.41. The first-order valence-electron chi connectivity index (χ1n) is 5.13. The molecule has 0 atom stereocenters. The summed E-state index contributed by atoms with van der Waals surface area (Å²) in [6.45, 7) is 0. The number of hydrogen-bond acceptors (Lipinski definition) is 3. The summed E-state index contributed by atoms with van der Waals surface area (Å²) >= 11 is 15.1. The minimum atomic E-state index is -0.467. The third kappa shape index (κ3) is 3.37. The van der Waals surface area contributed by atoms with Crippen molar-refractivity contribution >= 4 is 56.2 Å². The van der Waals surface area contributed by atoms with Gasteiger partial charge in [-0.3, -0.25) is 10.1 Å². The van der Waals surface area contributed by atoms with Crippen LogP contribution in [-0.2, 0) is 0 Å². The monoisotopic (exact) mass is 360 g/mol. The highest BCUT2D eigenvalue weighted by Crippen LogP contribution is 2.34. The van der Waals surface area contributed by atoms with Crippen LogP contribution in [0.3, 0.4) is 0 Å². The molecule has 0 aliphatic heterocycles. The van der Waals surface area contributed by atoms with Gasteiger partial charge in [0, 0.05) is 15.6 Å². The third-order valence-corrected chi connectivity index (χ3v) is 3.41. The van der Waals surface area contributed by atoms with E-state index in [-0.39, 0.29) is 5.69 Å². The topological polar surface area (TPSA) is 55.2 Å². The van der Waals surface area contributed by atoms with Crippen molar-refractivity contribution in [2.24, 2.45) is 0 Å². The molecular formula is C12H7BrCl2N2O2. The molecule has 2 aromatic carbocycles. The Morgan fingerprint density at radius 2 is 1.84 bits per heavy atom. The molecule has 2 rings (SSSR count). The highest BCUT2D eigenvalue weighted by molar-refractivity contribution is 9.10. The lowest BCUT2D eigenvalue weighted by Gasteiger charge is -2.09. The van der Waals surface area contributed by atoms with Crippen molar-refractivity contribution in [2.75, 3.05) is 5.32 Å². The predicted molar refractivity (Wildman–Crippen MR) is 80.5 cm³/mol. The van der Waals surface area contributed by atoms with Gasteiger partial charge in [-0.1, -0.05) is 39.1 Å². The Morgan fingerprint density at radius 1 is 1.11 bits per heavy atom. The van der Waals surface area contributed by atoms with Crippen molar-refractivity contribution in [3.05, 3.63) is 61.0 Å². The van der Waals surface area contributed by atoms with Crippen LogP contribution in [0.1, 0.15) is 0 Å². The molecule has 0 amide bonds. The van der Waals surface area contributed by atoms with Gasteiger partial charge in [0.15, 0.2) is 0 Å². The van der Waals surface area contributed by atoms with Gasteiger partial charge in [-0.25, -0.2) is 0 Å². The number of benzene rings is 2. The molecule has 98 valence electrons. The zero-order chi connectivity index (χ0) is 14.0. The largest absolute Gasteiger partial charge is 0.349 e. The van der Waals surface area contributed by atoms with E-state index in [1.165, 1.54) is 6.07 Å². The summed E-state index contributed by atoms with van der Waals surface area (Å²) in [5.74, 6) is 0. The number of anilines is 2. The van der Waals surface area contributed by atoms with E-state index < -0.39 is 4.92 Å². The first-order valence-corrected chi connectivity index (χ1v) is 6.68. The van der Waals surface area contributed by atoms with Crippen molar-refractivity contribution in [2.45, 2.75) is 0 Å². The van der Waals surface area contributed by atoms with Crippen LogP contribution in [0.25, 0.3) is 0 Å². The SMILES string of the molecule is O=[N+]([O-])c1cc(Br)ccc1Nc1cc(Cl)ccc1Cl. The van der Waals surface area contributed by atoms with E-state index in [4.69, 9.17) is 23.2 Å². The van der Waals surface area contributed by atoms with E-state index in [2.05, 4.69) is 21.2 Å². The minimum absolute atomic E-state index is 0.0505. The Labute approximate surface area is 127 Å². The van der Waals surface area contributed by atoms with Crippen molar-refractivity contribution in [1.82, 2.24) is 0 Å². The molecular weight excluding hydrogens is 355 g/mol. The van der Waals surface area contributed by atoms with Gasteiger partial charge in [-0.2, -0.15) is 0 Å². The Bertz CT molecular complexity index is 650. The second kappa shape index (κ2) is 5.77. The summed E-state index contributed by atoms with van der Waals surface area (Å²) in [7, 11) is 0. The number of halogens is 3. The first-order chi connectivity index (χ1) is 8.97. The van der Waals surface area contributed by atoms with Gasteiger partial charge in [0.25, 0.3) is 5.69 Å². The van der Waals surface area contributed by atoms with Gasteiger partial charge < -0.3 is 5.32 Å². The van der Waals surface area contributed by atoms with Crippen LogP contribution in [0.5, 0.6) is 0 Å². The van der Waals surface area contributed by atoms with Gasteiger partial charge in [-0.15, -0.1) is 0 Å². The molecule has 0 radical (unpaired) electrons. The standard InChI is InChI=1S/C12H7BrCl2N2O2/c13-7-1-4-10(12(5-7)17(18)19)16-11-6-8(14)2-3-9(11)15/h1-6,16H. The molecule has 0 heterocycles. The number of nitro benzene ring substituents is 1. The van der Waals surface area contributed by atoms with Crippen molar-refractivity contribution in [3.8, 4) is 0 Å². The average molecular weight is 362 g/mol. The van der Waals surface area contributed by atoms with E-state index >= 15 is 0 Å². The summed E-state index contributed by atoms with van der Waals surface area (Å²) in [4.78, 5) is 10.5. The van der Waals surface area contributed by atoms with Crippen LogP contribution in [0.15, 0.2) is 40.9 Å². The third-order valence-electron chi connectivity index (χ3n) is 2.35. The molecule has 0 bridgehead atoms. The molecule has 0 aromatic heterocycles. The van der Waals surface area contributed by atoms with Crippen molar-refractivity contribution in [1.29, 1.82) is 0 Å². The summed E-state index contributed by atoms with van der Waals surface area (Å²) in [6, 6.07) is 9.59. The Balaban J connectivity index is 2.43. The fourth-order valence-electron chi connectivity index (χ4n) is 1.50. The maximum atomic E-state index is 11.0. The molecule has 2 aromatic rings. The molecule has 0 unspecified atom stereocenters. The lowest BCUT2D eigenvalue weighted by atomic mass is 10.2. The fraction of sp³-hybridized carbons (Fsp3) is 0. The molecule has 1 N–H and O–H groups in total. The maximum Gasteiger partial charge on any atom is 0.293 e. The Hall–Kier alpha value is -1.30. The van der Waals surface area contributed by atoms with Crippen LogP contribution in [0.2, 0.25) is 10.0 Å². The zero-order valence-corrected chi connectivity index (χ0v) is 12.5. The Morgan fingerprint density at radius 3 is 2.53 bits per heavy atom. The van der Waals surface area contributed by atoms with Gasteiger partial charge in [0.05, 0.1) is 15.6 Å².